The number of ether oxygens (including phenoxy) is 1. The Kier molecular flexibility index (Phi) is 3.34. The Labute approximate surface area is 103 Å². The van der Waals surface area contributed by atoms with Gasteiger partial charge in [-0.05, 0) is 52.1 Å². The zero-order valence-corrected chi connectivity index (χ0v) is 11.2. The van der Waals surface area contributed by atoms with E-state index in [0.29, 0.717) is 5.92 Å². The topological polar surface area (TPSA) is 50.4 Å². The van der Waals surface area contributed by atoms with Crippen molar-refractivity contribution in [2.24, 2.45) is 17.8 Å². The SMILES string of the molecule is CC[C@H](OC(=O)NC(C)(C)C)C1[C@H]2CNC[C@H]12. The van der Waals surface area contributed by atoms with Crippen molar-refractivity contribution in [1.29, 1.82) is 0 Å². The number of hydrogen-bond acceptors (Lipinski definition) is 3. The van der Waals surface area contributed by atoms with Crippen LogP contribution in [0.15, 0.2) is 0 Å². The zero-order valence-electron chi connectivity index (χ0n) is 11.2. The first-order chi connectivity index (χ1) is 7.92. The standard InChI is InChI=1S/C13H24N2O2/c1-5-10(11-8-6-14-7-9(8)11)17-12(16)15-13(2,3)4/h8-11,14H,5-7H2,1-4H3,(H,15,16)/t8-,9-,10-/m0/s1. The number of nitrogens with one attached hydrogen (secondary N) is 2. The minimum absolute atomic E-state index is 0.0921. The first kappa shape index (κ1) is 12.7. The molecule has 3 atom stereocenters. The Morgan fingerprint density at radius 1 is 1.41 bits per heavy atom. The third-order valence-electron chi connectivity index (χ3n) is 3.73. The van der Waals surface area contributed by atoms with Gasteiger partial charge in [-0.3, -0.25) is 0 Å². The Hall–Kier alpha value is -0.770. The summed E-state index contributed by atoms with van der Waals surface area (Å²) in [5, 5.41) is 6.22. The molecule has 1 amide bonds. The molecule has 0 unspecified atom stereocenters. The Bertz CT molecular complexity index is 288. The van der Waals surface area contributed by atoms with E-state index in [0.717, 1.165) is 31.3 Å². The molecule has 1 aliphatic carbocycles. The summed E-state index contributed by atoms with van der Waals surface area (Å²) in [5.74, 6) is 2.07. The number of alkyl carbamates (subject to hydrolysis) is 1. The van der Waals surface area contributed by atoms with Crippen LogP contribution in [0.4, 0.5) is 4.79 Å². The predicted molar refractivity (Wildman–Crippen MR) is 66.8 cm³/mol. The summed E-state index contributed by atoms with van der Waals surface area (Å²) in [7, 11) is 0. The van der Waals surface area contributed by atoms with E-state index in [1.165, 1.54) is 0 Å². The van der Waals surface area contributed by atoms with Gasteiger partial charge in [0.05, 0.1) is 0 Å². The van der Waals surface area contributed by atoms with Crippen LogP contribution in [0.5, 0.6) is 0 Å². The summed E-state index contributed by atoms with van der Waals surface area (Å²) in [4.78, 5) is 11.7. The molecule has 0 radical (unpaired) electrons. The first-order valence-corrected chi connectivity index (χ1v) is 6.62. The van der Waals surface area contributed by atoms with Gasteiger partial charge in [0.1, 0.15) is 6.10 Å². The van der Waals surface area contributed by atoms with E-state index in [4.69, 9.17) is 4.74 Å². The monoisotopic (exact) mass is 240 g/mol. The van der Waals surface area contributed by atoms with Gasteiger partial charge in [0.25, 0.3) is 0 Å². The number of piperidine rings is 1. The number of rotatable bonds is 3. The van der Waals surface area contributed by atoms with Crippen LogP contribution in [0.25, 0.3) is 0 Å². The van der Waals surface area contributed by atoms with Crippen LogP contribution in [0.3, 0.4) is 0 Å². The van der Waals surface area contributed by atoms with Crippen molar-refractivity contribution < 1.29 is 9.53 Å². The Balaban J connectivity index is 1.82. The average Bonchev–Trinajstić information content (AvgIpc) is 2.67. The van der Waals surface area contributed by atoms with Gasteiger partial charge in [0.15, 0.2) is 0 Å². The lowest BCUT2D eigenvalue weighted by molar-refractivity contribution is 0.0703. The smallest absolute Gasteiger partial charge is 0.407 e. The minimum Gasteiger partial charge on any atom is -0.446 e. The van der Waals surface area contributed by atoms with Gasteiger partial charge in [-0.15, -0.1) is 0 Å². The molecule has 2 fully saturated rings. The predicted octanol–water partition coefficient (Wildman–Crippen LogP) is 1.76. The highest BCUT2D eigenvalue weighted by Gasteiger charge is 2.57. The first-order valence-electron chi connectivity index (χ1n) is 6.62. The number of carbonyl (C=O) groups excluding carboxylic acids is 1. The van der Waals surface area contributed by atoms with Crippen molar-refractivity contribution in [2.45, 2.75) is 45.8 Å². The molecule has 4 nitrogen and oxygen atoms in total. The highest BCUT2D eigenvalue weighted by molar-refractivity contribution is 5.68. The molecule has 0 aromatic heterocycles. The van der Waals surface area contributed by atoms with Crippen LogP contribution >= 0.6 is 0 Å². The number of hydrogen-bond donors (Lipinski definition) is 2. The molecule has 0 aromatic carbocycles. The van der Waals surface area contributed by atoms with Crippen LogP contribution in [0.1, 0.15) is 34.1 Å². The molecule has 2 rings (SSSR count). The number of carbonyl (C=O) groups is 1. The number of fused-ring (bicyclic) bond motifs is 1. The van der Waals surface area contributed by atoms with Gasteiger partial charge in [-0.1, -0.05) is 6.92 Å². The van der Waals surface area contributed by atoms with E-state index in [2.05, 4.69) is 17.6 Å². The van der Waals surface area contributed by atoms with Crippen LogP contribution in [-0.2, 0) is 4.74 Å². The summed E-state index contributed by atoms with van der Waals surface area (Å²) in [6.07, 6.45) is 0.728. The minimum atomic E-state index is -0.276. The molecule has 4 heteroatoms. The van der Waals surface area contributed by atoms with Crippen molar-refractivity contribution in [1.82, 2.24) is 10.6 Å². The molecule has 2 N–H and O–H groups in total. The molecule has 17 heavy (non-hydrogen) atoms. The third kappa shape index (κ3) is 2.92. The van der Waals surface area contributed by atoms with Gasteiger partial charge in [0.2, 0.25) is 0 Å². The lowest BCUT2D eigenvalue weighted by atomic mass is 10.1. The lowest BCUT2D eigenvalue weighted by Crippen LogP contribution is -2.42. The molecule has 0 aromatic rings. The van der Waals surface area contributed by atoms with Gasteiger partial charge in [-0.2, -0.15) is 0 Å². The van der Waals surface area contributed by atoms with Gasteiger partial charge in [0, 0.05) is 11.5 Å². The van der Waals surface area contributed by atoms with Crippen molar-refractivity contribution in [3.05, 3.63) is 0 Å². The van der Waals surface area contributed by atoms with E-state index in [9.17, 15) is 4.79 Å². The largest absolute Gasteiger partial charge is 0.446 e. The molecule has 0 bridgehead atoms. The van der Waals surface area contributed by atoms with Gasteiger partial charge >= 0.3 is 6.09 Å². The second-order valence-electron chi connectivity index (χ2n) is 6.29. The van der Waals surface area contributed by atoms with E-state index in [1.807, 2.05) is 20.8 Å². The molecule has 2 aliphatic rings. The van der Waals surface area contributed by atoms with Crippen LogP contribution in [0.2, 0.25) is 0 Å². The molecular weight excluding hydrogens is 216 g/mol. The molecule has 98 valence electrons. The van der Waals surface area contributed by atoms with Crippen molar-refractivity contribution in [3.63, 3.8) is 0 Å². The Morgan fingerprint density at radius 3 is 2.47 bits per heavy atom. The fourth-order valence-electron chi connectivity index (χ4n) is 2.92. The maximum absolute atomic E-state index is 11.7. The lowest BCUT2D eigenvalue weighted by Gasteiger charge is -2.24. The van der Waals surface area contributed by atoms with Crippen molar-refractivity contribution in [2.75, 3.05) is 13.1 Å². The molecular formula is C13H24N2O2. The molecule has 1 heterocycles. The second-order valence-corrected chi connectivity index (χ2v) is 6.29. The second kappa shape index (κ2) is 4.48. The van der Waals surface area contributed by atoms with Crippen molar-refractivity contribution >= 4 is 6.09 Å². The van der Waals surface area contributed by atoms with E-state index in [-0.39, 0.29) is 17.7 Å². The maximum Gasteiger partial charge on any atom is 0.407 e. The zero-order chi connectivity index (χ0) is 12.6. The van der Waals surface area contributed by atoms with Crippen LogP contribution in [-0.4, -0.2) is 30.8 Å². The summed E-state index contributed by atoms with van der Waals surface area (Å²) < 4.78 is 5.56. The molecule has 1 saturated carbocycles. The van der Waals surface area contributed by atoms with E-state index < -0.39 is 0 Å². The van der Waals surface area contributed by atoms with Crippen LogP contribution in [0, 0.1) is 17.8 Å². The molecule has 1 saturated heterocycles. The summed E-state index contributed by atoms with van der Waals surface area (Å²) in [6.45, 7) is 10.2. The highest BCUT2D eigenvalue weighted by atomic mass is 16.6. The fourth-order valence-corrected chi connectivity index (χ4v) is 2.92. The summed E-state index contributed by atoms with van der Waals surface area (Å²) in [6, 6.07) is 0. The van der Waals surface area contributed by atoms with Gasteiger partial charge in [-0.25, -0.2) is 4.79 Å². The normalized spacial score (nSPS) is 32.8. The highest BCUT2D eigenvalue weighted by Crippen LogP contribution is 2.52. The summed E-state index contributed by atoms with van der Waals surface area (Å²) in [5.41, 5.74) is -0.226. The van der Waals surface area contributed by atoms with Crippen LogP contribution < -0.4 is 10.6 Å². The average molecular weight is 240 g/mol. The molecule has 0 spiro atoms. The van der Waals surface area contributed by atoms with Crippen molar-refractivity contribution in [3.8, 4) is 0 Å². The third-order valence-corrected chi connectivity index (χ3v) is 3.73. The summed E-state index contributed by atoms with van der Waals surface area (Å²) >= 11 is 0. The quantitative estimate of drug-likeness (QED) is 0.790. The molecule has 1 aliphatic heterocycles. The van der Waals surface area contributed by atoms with E-state index >= 15 is 0 Å². The van der Waals surface area contributed by atoms with Gasteiger partial charge < -0.3 is 15.4 Å². The number of amides is 1. The maximum atomic E-state index is 11.7. The Morgan fingerprint density at radius 2 is 2.00 bits per heavy atom. The van der Waals surface area contributed by atoms with E-state index in [1.54, 1.807) is 0 Å². The fraction of sp³-hybridized carbons (Fsp3) is 0.923.